The van der Waals surface area contributed by atoms with Crippen LogP contribution in [0.2, 0.25) is 0 Å². The molecule has 0 saturated heterocycles. The molecule has 0 aliphatic carbocycles. The lowest BCUT2D eigenvalue weighted by molar-refractivity contribution is -0.120. The van der Waals surface area contributed by atoms with E-state index in [0.29, 0.717) is 13.2 Å². The largest absolute Gasteiger partial charge is 0.382 e. The third kappa shape index (κ3) is 6.07. The summed E-state index contributed by atoms with van der Waals surface area (Å²) in [5.74, 6) is 0.0837. The quantitative estimate of drug-likeness (QED) is 0.581. The van der Waals surface area contributed by atoms with Crippen molar-refractivity contribution in [2.75, 3.05) is 19.8 Å². The van der Waals surface area contributed by atoms with Gasteiger partial charge in [0.05, 0.1) is 5.25 Å². The highest BCUT2D eigenvalue weighted by Crippen LogP contribution is 2.22. The molecular formula is C14H21NO2S. The normalized spacial score (nSPS) is 12.1. The number of hydrogen-bond acceptors (Lipinski definition) is 3. The minimum absolute atomic E-state index is 0.0699. The number of thioether (sulfide) groups is 1. The lowest BCUT2D eigenvalue weighted by Gasteiger charge is -2.11. The third-order valence-corrected chi connectivity index (χ3v) is 3.51. The summed E-state index contributed by atoms with van der Waals surface area (Å²) in [5, 5.41) is 2.85. The van der Waals surface area contributed by atoms with Gasteiger partial charge in [-0.2, -0.15) is 0 Å². The topological polar surface area (TPSA) is 38.3 Å². The molecule has 100 valence electrons. The number of rotatable bonds is 8. The van der Waals surface area contributed by atoms with Crippen molar-refractivity contribution in [1.29, 1.82) is 0 Å². The number of carbonyl (C=O) groups is 1. The van der Waals surface area contributed by atoms with Gasteiger partial charge in [-0.1, -0.05) is 18.2 Å². The van der Waals surface area contributed by atoms with Crippen LogP contribution in [0.4, 0.5) is 0 Å². The maximum absolute atomic E-state index is 11.8. The second-order valence-corrected chi connectivity index (χ2v) is 5.33. The fourth-order valence-electron chi connectivity index (χ4n) is 1.43. The van der Waals surface area contributed by atoms with Crippen LogP contribution in [0.15, 0.2) is 35.2 Å². The molecule has 0 unspecified atom stereocenters. The molecule has 1 N–H and O–H groups in total. The van der Waals surface area contributed by atoms with Crippen LogP contribution in [-0.4, -0.2) is 30.9 Å². The molecule has 18 heavy (non-hydrogen) atoms. The van der Waals surface area contributed by atoms with Crippen molar-refractivity contribution in [2.45, 2.75) is 30.4 Å². The Morgan fingerprint density at radius 3 is 2.78 bits per heavy atom. The molecular weight excluding hydrogens is 246 g/mol. The summed E-state index contributed by atoms with van der Waals surface area (Å²) in [6.45, 7) is 6.01. The maximum atomic E-state index is 11.8. The third-order valence-electron chi connectivity index (χ3n) is 2.39. The fourth-order valence-corrected chi connectivity index (χ4v) is 2.34. The Labute approximate surface area is 113 Å². The molecule has 1 rings (SSSR count). The van der Waals surface area contributed by atoms with Gasteiger partial charge in [-0.15, -0.1) is 11.8 Å². The van der Waals surface area contributed by atoms with Crippen molar-refractivity contribution in [3.05, 3.63) is 30.3 Å². The van der Waals surface area contributed by atoms with E-state index in [1.165, 1.54) is 0 Å². The maximum Gasteiger partial charge on any atom is 0.233 e. The van der Waals surface area contributed by atoms with Crippen LogP contribution in [0.1, 0.15) is 20.3 Å². The van der Waals surface area contributed by atoms with E-state index >= 15 is 0 Å². The monoisotopic (exact) mass is 267 g/mol. The van der Waals surface area contributed by atoms with E-state index in [1.54, 1.807) is 11.8 Å². The fraction of sp³-hybridized carbons (Fsp3) is 0.500. The molecule has 0 saturated carbocycles. The van der Waals surface area contributed by atoms with Crippen LogP contribution in [0.5, 0.6) is 0 Å². The van der Waals surface area contributed by atoms with Crippen LogP contribution < -0.4 is 5.32 Å². The molecule has 1 aromatic rings. The van der Waals surface area contributed by atoms with Gasteiger partial charge in [0.1, 0.15) is 0 Å². The number of benzene rings is 1. The summed E-state index contributed by atoms with van der Waals surface area (Å²) in [7, 11) is 0. The van der Waals surface area contributed by atoms with Crippen LogP contribution in [-0.2, 0) is 9.53 Å². The van der Waals surface area contributed by atoms with Crippen molar-refractivity contribution in [1.82, 2.24) is 5.32 Å². The number of ether oxygens (including phenoxy) is 1. The Morgan fingerprint density at radius 2 is 2.11 bits per heavy atom. The first-order valence-electron chi connectivity index (χ1n) is 6.31. The van der Waals surface area contributed by atoms with Crippen molar-refractivity contribution in [2.24, 2.45) is 0 Å². The lowest BCUT2D eigenvalue weighted by atomic mass is 10.4. The Morgan fingerprint density at radius 1 is 1.39 bits per heavy atom. The highest BCUT2D eigenvalue weighted by Gasteiger charge is 2.13. The van der Waals surface area contributed by atoms with Gasteiger partial charge < -0.3 is 10.1 Å². The minimum Gasteiger partial charge on any atom is -0.382 e. The van der Waals surface area contributed by atoms with Gasteiger partial charge in [-0.05, 0) is 32.4 Å². The summed E-state index contributed by atoms with van der Waals surface area (Å²) >= 11 is 1.58. The van der Waals surface area contributed by atoms with E-state index in [-0.39, 0.29) is 11.2 Å². The van der Waals surface area contributed by atoms with E-state index in [4.69, 9.17) is 4.74 Å². The molecule has 1 amide bonds. The predicted octanol–water partition coefficient (Wildman–Crippen LogP) is 2.71. The average Bonchev–Trinajstić information content (AvgIpc) is 2.39. The van der Waals surface area contributed by atoms with Gasteiger partial charge in [-0.3, -0.25) is 4.79 Å². The van der Waals surface area contributed by atoms with Crippen LogP contribution in [0.3, 0.4) is 0 Å². The zero-order chi connectivity index (χ0) is 13.2. The number of nitrogens with one attached hydrogen (secondary N) is 1. The van der Waals surface area contributed by atoms with E-state index in [1.807, 2.05) is 44.2 Å². The standard InChI is InChI=1S/C14H21NO2S/c1-3-17-11-7-10-15-14(16)12(2)18-13-8-5-4-6-9-13/h4-6,8-9,12H,3,7,10-11H2,1-2H3,(H,15,16)/t12-/m0/s1. The molecule has 0 radical (unpaired) electrons. The highest BCUT2D eigenvalue weighted by atomic mass is 32.2. The summed E-state index contributed by atoms with van der Waals surface area (Å²) < 4.78 is 5.21. The summed E-state index contributed by atoms with van der Waals surface area (Å²) in [4.78, 5) is 12.9. The Bertz CT molecular complexity index is 343. The SMILES string of the molecule is CCOCCCNC(=O)[C@H](C)Sc1ccccc1. The second kappa shape index (κ2) is 9.00. The van der Waals surface area contributed by atoms with Gasteiger partial charge in [0.25, 0.3) is 0 Å². The van der Waals surface area contributed by atoms with Crippen LogP contribution in [0, 0.1) is 0 Å². The first-order valence-corrected chi connectivity index (χ1v) is 7.19. The molecule has 0 bridgehead atoms. The van der Waals surface area contributed by atoms with Crippen molar-refractivity contribution in [3.8, 4) is 0 Å². The molecule has 0 spiro atoms. The smallest absolute Gasteiger partial charge is 0.233 e. The summed E-state index contributed by atoms with van der Waals surface area (Å²) in [6, 6.07) is 9.97. The van der Waals surface area contributed by atoms with Crippen LogP contribution in [0.25, 0.3) is 0 Å². The number of amides is 1. The zero-order valence-corrected chi connectivity index (χ0v) is 11.8. The van der Waals surface area contributed by atoms with E-state index in [2.05, 4.69) is 5.32 Å². The molecule has 0 aliphatic heterocycles. The lowest BCUT2D eigenvalue weighted by Crippen LogP contribution is -2.32. The van der Waals surface area contributed by atoms with Crippen molar-refractivity contribution < 1.29 is 9.53 Å². The number of carbonyl (C=O) groups excluding carboxylic acids is 1. The van der Waals surface area contributed by atoms with E-state index in [9.17, 15) is 4.79 Å². The summed E-state index contributed by atoms with van der Waals surface area (Å²) in [6.07, 6.45) is 0.863. The minimum atomic E-state index is -0.0699. The molecule has 1 aromatic carbocycles. The predicted molar refractivity (Wildman–Crippen MR) is 75.9 cm³/mol. The first kappa shape index (κ1) is 15.1. The van der Waals surface area contributed by atoms with E-state index in [0.717, 1.165) is 17.9 Å². The average molecular weight is 267 g/mol. The van der Waals surface area contributed by atoms with Gasteiger partial charge in [0, 0.05) is 24.7 Å². The van der Waals surface area contributed by atoms with Crippen molar-refractivity contribution >= 4 is 17.7 Å². The molecule has 0 aliphatic rings. The highest BCUT2D eigenvalue weighted by molar-refractivity contribution is 8.00. The molecule has 1 atom stereocenters. The van der Waals surface area contributed by atoms with Gasteiger partial charge in [0.15, 0.2) is 0 Å². The summed E-state index contributed by atoms with van der Waals surface area (Å²) in [5.41, 5.74) is 0. The van der Waals surface area contributed by atoms with Gasteiger partial charge in [0.2, 0.25) is 5.91 Å². The van der Waals surface area contributed by atoms with Crippen LogP contribution >= 0.6 is 11.8 Å². The van der Waals surface area contributed by atoms with Crippen molar-refractivity contribution in [3.63, 3.8) is 0 Å². The Hall–Kier alpha value is -1.00. The Balaban J connectivity index is 2.21. The second-order valence-electron chi connectivity index (χ2n) is 3.91. The van der Waals surface area contributed by atoms with E-state index < -0.39 is 0 Å². The number of hydrogen-bond donors (Lipinski definition) is 1. The molecule has 3 nitrogen and oxygen atoms in total. The molecule has 0 fully saturated rings. The Kier molecular flexibility index (Phi) is 7.53. The van der Waals surface area contributed by atoms with Gasteiger partial charge in [-0.25, -0.2) is 0 Å². The molecule has 0 aromatic heterocycles. The first-order chi connectivity index (χ1) is 8.74. The molecule has 4 heteroatoms. The zero-order valence-electron chi connectivity index (χ0n) is 11.0. The molecule has 0 heterocycles. The van der Waals surface area contributed by atoms with Gasteiger partial charge >= 0.3 is 0 Å².